The third-order valence-electron chi connectivity index (χ3n) is 5.66. The molecule has 29 heavy (non-hydrogen) atoms. The Kier molecular flexibility index (Phi) is 5.36. The van der Waals surface area contributed by atoms with E-state index < -0.39 is 10.0 Å². The third-order valence-corrected chi connectivity index (χ3v) is 7.20. The van der Waals surface area contributed by atoms with Gasteiger partial charge >= 0.3 is 0 Å². The summed E-state index contributed by atoms with van der Waals surface area (Å²) in [7, 11) is -2.31. The molecule has 1 atom stereocenters. The quantitative estimate of drug-likeness (QED) is 0.786. The van der Waals surface area contributed by atoms with Crippen LogP contribution < -0.4 is 9.46 Å². The average molecular weight is 415 g/mol. The number of sulfonamides is 1. The second-order valence-corrected chi connectivity index (χ2v) is 9.46. The predicted octanol–water partition coefficient (Wildman–Crippen LogP) is 3.42. The minimum atomic E-state index is -3.74. The Morgan fingerprint density at radius 2 is 1.90 bits per heavy atom. The van der Waals surface area contributed by atoms with E-state index >= 15 is 0 Å². The molecule has 2 aromatic rings. The molecule has 1 aliphatic carbocycles. The van der Waals surface area contributed by atoms with Gasteiger partial charge in [0.2, 0.25) is 10.0 Å². The molecule has 4 rings (SSSR count). The zero-order valence-corrected chi connectivity index (χ0v) is 17.5. The molecule has 2 aliphatic rings. The summed E-state index contributed by atoms with van der Waals surface area (Å²) in [6.07, 6.45) is 3.51. The Morgan fingerprint density at radius 3 is 2.59 bits per heavy atom. The number of amides is 1. The number of carbonyl (C=O) groups excluding carboxylic acids is 1. The fourth-order valence-electron chi connectivity index (χ4n) is 3.96. The summed E-state index contributed by atoms with van der Waals surface area (Å²) in [5.41, 5.74) is 2.67. The van der Waals surface area contributed by atoms with Gasteiger partial charge in [-0.25, -0.2) is 13.1 Å². The highest BCUT2D eigenvalue weighted by Gasteiger charge is 2.33. The molecule has 7 heteroatoms. The van der Waals surface area contributed by atoms with Crippen LogP contribution >= 0.6 is 0 Å². The first-order valence-corrected chi connectivity index (χ1v) is 11.5. The van der Waals surface area contributed by atoms with Gasteiger partial charge in [0.25, 0.3) is 5.91 Å². The first-order chi connectivity index (χ1) is 13.9. The topological polar surface area (TPSA) is 75.7 Å². The second-order valence-electron chi connectivity index (χ2n) is 7.77. The van der Waals surface area contributed by atoms with Crippen LogP contribution in [0.2, 0.25) is 0 Å². The maximum absolute atomic E-state index is 13.3. The van der Waals surface area contributed by atoms with Crippen molar-refractivity contribution in [2.24, 2.45) is 0 Å². The van der Waals surface area contributed by atoms with Crippen molar-refractivity contribution in [2.75, 3.05) is 13.7 Å². The van der Waals surface area contributed by atoms with E-state index in [1.807, 2.05) is 17.0 Å². The molecule has 1 amide bonds. The summed E-state index contributed by atoms with van der Waals surface area (Å²) in [5, 5.41) is 0. The molecule has 0 spiro atoms. The summed E-state index contributed by atoms with van der Waals surface area (Å²) < 4.78 is 33.5. The maximum Gasteiger partial charge on any atom is 0.254 e. The lowest BCUT2D eigenvalue weighted by molar-refractivity contribution is 0.0735. The molecular weight excluding hydrogens is 388 g/mol. The number of nitrogens with zero attached hydrogens (tertiary/aromatic N) is 1. The third kappa shape index (κ3) is 4.02. The Hall–Kier alpha value is -2.38. The largest absolute Gasteiger partial charge is 0.495 e. The molecule has 6 nitrogen and oxygen atoms in total. The summed E-state index contributed by atoms with van der Waals surface area (Å²) in [6.45, 7) is 2.71. The van der Waals surface area contributed by atoms with Crippen molar-refractivity contribution in [2.45, 2.75) is 49.6 Å². The SMILES string of the molecule is COc1ccc(C(=O)N2CCCC2c2ccccc2C)cc1S(=O)(=O)NC1CC1. The first kappa shape index (κ1) is 19.9. The van der Waals surface area contributed by atoms with Gasteiger partial charge in [-0.3, -0.25) is 4.79 Å². The number of hydrogen-bond donors (Lipinski definition) is 1. The smallest absolute Gasteiger partial charge is 0.254 e. The molecule has 1 unspecified atom stereocenters. The normalized spacial score (nSPS) is 19.4. The Balaban J connectivity index is 1.66. The van der Waals surface area contributed by atoms with Crippen LogP contribution in [-0.4, -0.2) is 38.9 Å². The summed E-state index contributed by atoms with van der Waals surface area (Å²) >= 11 is 0. The lowest BCUT2D eigenvalue weighted by atomic mass is 9.99. The Bertz CT molecular complexity index is 1030. The van der Waals surface area contributed by atoms with Crippen molar-refractivity contribution in [3.05, 3.63) is 59.2 Å². The van der Waals surface area contributed by atoms with Crippen molar-refractivity contribution < 1.29 is 17.9 Å². The zero-order chi connectivity index (χ0) is 20.6. The van der Waals surface area contributed by atoms with Gasteiger partial charge in [0.1, 0.15) is 10.6 Å². The lowest BCUT2D eigenvalue weighted by Crippen LogP contribution is -2.31. The number of aryl methyl sites for hydroxylation is 1. The second kappa shape index (κ2) is 7.80. The molecule has 0 radical (unpaired) electrons. The van der Waals surface area contributed by atoms with Gasteiger partial charge in [-0.1, -0.05) is 24.3 Å². The van der Waals surface area contributed by atoms with Gasteiger partial charge in [0.15, 0.2) is 0 Å². The zero-order valence-electron chi connectivity index (χ0n) is 16.7. The molecule has 154 valence electrons. The number of ether oxygens (including phenoxy) is 1. The van der Waals surface area contributed by atoms with Crippen molar-refractivity contribution in [1.29, 1.82) is 0 Å². The van der Waals surface area contributed by atoms with Crippen LogP contribution in [0.1, 0.15) is 53.2 Å². The van der Waals surface area contributed by atoms with E-state index in [-0.39, 0.29) is 28.6 Å². The van der Waals surface area contributed by atoms with Crippen molar-refractivity contribution in [3.63, 3.8) is 0 Å². The number of likely N-dealkylation sites (tertiary alicyclic amines) is 1. The highest BCUT2D eigenvalue weighted by molar-refractivity contribution is 7.89. The number of rotatable bonds is 6. The average Bonchev–Trinajstić information content (AvgIpc) is 3.38. The molecule has 1 saturated heterocycles. The molecule has 0 bridgehead atoms. The first-order valence-electron chi connectivity index (χ1n) is 9.97. The van der Waals surface area contributed by atoms with Crippen LogP contribution in [-0.2, 0) is 10.0 Å². The van der Waals surface area contributed by atoms with E-state index in [0.29, 0.717) is 12.1 Å². The molecule has 1 N–H and O–H groups in total. The van der Waals surface area contributed by atoms with Crippen LogP contribution in [0.15, 0.2) is 47.4 Å². The van der Waals surface area contributed by atoms with E-state index in [1.165, 1.54) is 13.2 Å². The van der Waals surface area contributed by atoms with Crippen LogP contribution in [0.4, 0.5) is 0 Å². The Labute approximate surface area is 171 Å². The van der Waals surface area contributed by atoms with Crippen molar-refractivity contribution in [1.82, 2.24) is 9.62 Å². The van der Waals surface area contributed by atoms with Gasteiger partial charge in [-0.15, -0.1) is 0 Å². The molecule has 0 aromatic heterocycles. The summed E-state index contributed by atoms with van der Waals surface area (Å²) in [6, 6.07) is 12.7. The van der Waals surface area contributed by atoms with Gasteiger partial charge in [0.05, 0.1) is 13.2 Å². The number of carbonyl (C=O) groups is 1. The van der Waals surface area contributed by atoms with Crippen LogP contribution in [0.3, 0.4) is 0 Å². The van der Waals surface area contributed by atoms with Crippen LogP contribution in [0.25, 0.3) is 0 Å². The van der Waals surface area contributed by atoms with Crippen LogP contribution in [0.5, 0.6) is 5.75 Å². The maximum atomic E-state index is 13.3. The molecular formula is C22H26N2O4S. The van der Waals surface area contributed by atoms with Gasteiger partial charge < -0.3 is 9.64 Å². The number of nitrogens with one attached hydrogen (secondary N) is 1. The lowest BCUT2D eigenvalue weighted by Gasteiger charge is -2.26. The Morgan fingerprint density at radius 1 is 1.14 bits per heavy atom. The highest BCUT2D eigenvalue weighted by Crippen LogP contribution is 2.36. The fraction of sp³-hybridized carbons (Fsp3) is 0.409. The molecule has 2 fully saturated rings. The fourth-order valence-corrected chi connectivity index (χ4v) is 5.46. The van der Waals surface area contributed by atoms with Crippen molar-refractivity contribution >= 4 is 15.9 Å². The summed E-state index contributed by atoms with van der Waals surface area (Å²) in [5.74, 6) is 0.0906. The van der Waals surface area contributed by atoms with E-state index in [4.69, 9.17) is 4.74 Å². The van der Waals surface area contributed by atoms with Gasteiger partial charge in [-0.05, 0) is 61.9 Å². The van der Waals surface area contributed by atoms with Gasteiger partial charge in [-0.2, -0.15) is 0 Å². The standard InChI is InChI=1S/C22H26N2O4S/c1-15-6-3-4-7-18(15)19-8-5-13-24(19)22(25)16-9-12-20(28-2)21(14-16)29(26,27)23-17-10-11-17/h3-4,6-7,9,12,14,17,19,23H,5,8,10-11,13H2,1-2H3. The molecule has 1 aliphatic heterocycles. The van der Waals surface area contributed by atoms with Gasteiger partial charge in [0, 0.05) is 18.2 Å². The number of methoxy groups -OCH3 is 1. The van der Waals surface area contributed by atoms with E-state index in [0.717, 1.165) is 36.8 Å². The van der Waals surface area contributed by atoms with E-state index in [1.54, 1.807) is 12.1 Å². The van der Waals surface area contributed by atoms with Crippen LogP contribution in [0, 0.1) is 6.92 Å². The molecule has 1 heterocycles. The van der Waals surface area contributed by atoms with E-state index in [2.05, 4.69) is 23.8 Å². The number of benzene rings is 2. The molecule has 1 saturated carbocycles. The minimum Gasteiger partial charge on any atom is -0.495 e. The summed E-state index contributed by atoms with van der Waals surface area (Å²) in [4.78, 5) is 15.2. The predicted molar refractivity (Wildman–Crippen MR) is 111 cm³/mol. The van der Waals surface area contributed by atoms with Crippen molar-refractivity contribution in [3.8, 4) is 5.75 Å². The molecule has 2 aromatic carbocycles. The number of hydrogen-bond acceptors (Lipinski definition) is 4. The highest BCUT2D eigenvalue weighted by atomic mass is 32.2. The van der Waals surface area contributed by atoms with E-state index in [9.17, 15) is 13.2 Å². The monoisotopic (exact) mass is 414 g/mol. The minimum absolute atomic E-state index is 0.00967.